The average Bonchev–Trinajstić information content (AvgIpc) is 2.98. The molecule has 1 aliphatic rings. The molecule has 0 spiro atoms. The van der Waals surface area contributed by atoms with E-state index in [9.17, 15) is 9.59 Å². The topological polar surface area (TPSA) is 91.2 Å². The Morgan fingerprint density at radius 3 is 2.93 bits per heavy atom. The molecule has 1 aliphatic heterocycles. The van der Waals surface area contributed by atoms with Crippen molar-refractivity contribution in [2.24, 2.45) is 0 Å². The van der Waals surface area contributed by atoms with Gasteiger partial charge < -0.3 is 9.32 Å². The molecule has 1 atom stereocenters. The van der Waals surface area contributed by atoms with Crippen LogP contribution in [0.15, 0.2) is 33.5 Å². The van der Waals surface area contributed by atoms with Crippen molar-refractivity contribution >= 4 is 28.3 Å². The molecule has 0 saturated heterocycles. The second-order valence-corrected chi connectivity index (χ2v) is 7.09. The molecule has 140 valence electrons. The van der Waals surface area contributed by atoms with E-state index in [-0.39, 0.29) is 23.9 Å². The summed E-state index contributed by atoms with van der Waals surface area (Å²) in [6, 6.07) is 8.17. The van der Waals surface area contributed by atoms with Gasteiger partial charge in [-0.15, -0.1) is 0 Å². The summed E-state index contributed by atoms with van der Waals surface area (Å²) in [7, 11) is 0. The van der Waals surface area contributed by atoms with Gasteiger partial charge in [0.05, 0.1) is 17.6 Å². The molecule has 3 aromatic rings. The van der Waals surface area contributed by atoms with Crippen LogP contribution in [0.25, 0.3) is 10.8 Å². The summed E-state index contributed by atoms with van der Waals surface area (Å²) in [6.45, 7) is 6.77. The van der Waals surface area contributed by atoms with Crippen molar-refractivity contribution in [2.75, 3.05) is 23.3 Å². The number of aryl methyl sites for hydroxylation is 2. The highest BCUT2D eigenvalue weighted by Crippen LogP contribution is 2.34. The van der Waals surface area contributed by atoms with Crippen molar-refractivity contribution in [3.63, 3.8) is 0 Å². The number of furan rings is 1. The molecule has 1 amide bonds. The number of carbonyl (C=O) groups is 1. The third kappa shape index (κ3) is 2.99. The van der Waals surface area contributed by atoms with Gasteiger partial charge in [0, 0.05) is 12.2 Å². The summed E-state index contributed by atoms with van der Waals surface area (Å²) in [6.07, 6.45) is 0.998. The number of H-pyrrole nitrogens is 1. The first-order valence-corrected chi connectivity index (χ1v) is 9.07. The minimum absolute atomic E-state index is 0.179. The van der Waals surface area contributed by atoms with Gasteiger partial charge in [0.15, 0.2) is 0 Å². The Labute approximate surface area is 156 Å². The number of rotatable bonds is 3. The molecule has 2 aromatic heterocycles. The average molecular weight is 366 g/mol. The third-order valence-electron chi connectivity index (χ3n) is 5.23. The zero-order valence-corrected chi connectivity index (χ0v) is 15.6. The van der Waals surface area contributed by atoms with E-state index in [0.29, 0.717) is 28.1 Å². The SMILES string of the molecule is Cc1n[nH]c(=O)c2c(NC(=O)CN3CC[C@H](C)c4ccccc43)oc(C)c12. The molecule has 7 heteroatoms. The van der Waals surface area contributed by atoms with Crippen LogP contribution in [0.1, 0.15) is 36.3 Å². The highest BCUT2D eigenvalue weighted by atomic mass is 16.4. The molecular formula is C20H22N4O3. The molecule has 3 heterocycles. The molecule has 0 radical (unpaired) electrons. The van der Waals surface area contributed by atoms with E-state index in [1.54, 1.807) is 13.8 Å². The van der Waals surface area contributed by atoms with Crippen molar-refractivity contribution in [3.05, 3.63) is 51.6 Å². The number of hydrogen-bond acceptors (Lipinski definition) is 5. The first-order chi connectivity index (χ1) is 13.0. The highest BCUT2D eigenvalue weighted by molar-refractivity contribution is 6.02. The highest BCUT2D eigenvalue weighted by Gasteiger charge is 2.24. The van der Waals surface area contributed by atoms with Gasteiger partial charge in [-0.05, 0) is 37.8 Å². The normalized spacial score (nSPS) is 16.4. The van der Waals surface area contributed by atoms with Crippen molar-refractivity contribution in [2.45, 2.75) is 33.1 Å². The number of benzene rings is 1. The van der Waals surface area contributed by atoms with E-state index in [0.717, 1.165) is 18.7 Å². The van der Waals surface area contributed by atoms with Crippen molar-refractivity contribution in [3.8, 4) is 0 Å². The fourth-order valence-electron chi connectivity index (χ4n) is 3.85. The Morgan fingerprint density at radius 2 is 2.11 bits per heavy atom. The van der Waals surface area contributed by atoms with E-state index in [2.05, 4.69) is 33.4 Å². The molecule has 0 aliphatic carbocycles. The number of aromatic nitrogens is 2. The predicted molar refractivity (Wildman–Crippen MR) is 104 cm³/mol. The van der Waals surface area contributed by atoms with Crippen molar-refractivity contribution in [1.29, 1.82) is 0 Å². The zero-order valence-electron chi connectivity index (χ0n) is 15.6. The standard InChI is InChI=1S/C20H22N4O3/c1-11-8-9-24(15-7-5-4-6-14(11)15)10-16(25)21-20-18-17(13(3)27-20)12(2)22-23-19(18)26/h4-7,11H,8-10H2,1-3H3,(H,21,25)(H,23,26)/t11-/m0/s1. The molecule has 1 aromatic carbocycles. The maximum atomic E-state index is 12.7. The minimum atomic E-state index is -0.375. The number of para-hydroxylation sites is 1. The monoisotopic (exact) mass is 366 g/mol. The van der Waals surface area contributed by atoms with E-state index in [1.165, 1.54) is 5.56 Å². The van der Waals surface area contributed by atoms with Gasteiger partial charge in [-0.2, -0.15) is 5.10 Å². The largest absolute Gasteiger partial charge is 0.444 e. The maximum Gasteiger partial charge on any atom is 0.277 e. The van der Waals surface area contributed by atoms with Crippen LogP contribution in [-0.2, 0) is 4.79 Å². The molecule has 0 saturated carbocycles. The number of carbonyl (C=O) groups excluding carboxylic acids is 1. The Morgan fingerprint density at radius 1 is 1.33 bits per heavy atom. The summed E-state index contributed by atoms with van der Waals surface area (Å²) in [5.41, 5.74) is 2.63. The Kier molecular flexibility index (Phi) is 4.22. The van der Waals surface area contributed by atoms with E-state index >= 15 is 0 Å². The second kappa shape index (κ2) is 6.57. The van der Waals surface area contributed by atoms with Gasteiger partial charge >= 0.3 is 0 Å². The number of nitrogens with zero attached hydrogens (tertiary/aromatic N) is 2. The summed E-state index contributed by atoms with van der Waals surface area (Å²) in [4.78, 5) is 26.9. The van der Waals surface area contributed by atoms with Gasteiger partial charge in [-0.1, -0.05) is 25.1 Å². The number of aromatic amines is 1. The lowest BCUT2D eigenvalue weighted by Gasteiger charge is -2.33. The summed E-state index contributed by atoms with van der Waals surface area (Å²) >= 11 is 0. The first kappa shape index (κ1) is 17.3. The lowest BCUT2D eigenvalue weighted by Crippen LogP contribution is -2.37. The maximum absolute atomic E-state index is 12.7. The van der Waals surface area contributed by atoms with Gasteiger partial charge in [0.2, 0.25) is 11.8 Å². The molecule has 2 N–H and O–H groups in total. The number of hydrogen-bond donors (Lipinski definition) is 2. The fraction of sp³-hybridized carbons (Fsp3) is 0.350. The number of fused-ring (bicyclic) bond motifs is 2. The number of nitrogens with one attached hydrogen (secondary N) is 2. The zero-order chi connectivity index (χ0) is 19.1. The molecule has 4 rings (SSSR count). The van der Waals surface area contributed by atoms with Gasteiger partial charge in [0.1, 0.15) is 11.1 Å². The molecule has 27 heavy (non-hydrogen) atoms. The van der Waals surface area contributed by atoms with Crippen molar-refractivity contribution in [1.82, 2.24) is 10.2 Å². The van der Waals surface area contributed by atoms with Gasteiger partial charge in [-0.3, -0.25) is 14.9 Å². The van der Waals surface area contributed by atoms with Crippen LogP contribution >= 0.6 is 0 Å². The third-order valence-corrected chi connectivity index (χ3v) is 5.23. The molecular weight excluding hydrogens is 344 g/mol. The predicted octanol–water partition coefficient (Wildman–Crippen LogP) is 3.09. The van der Waals surface area contributed by atoms with Crippen molar-refractivity contribution < 1.29 is 9.21 Å². The van der Waals surface area contributed by atoms with Crippen LogP contribution in [-0.4, -0.2) is 29.2 Å². The smallest absolute Gasteiger partial charge is 0.277 e. The lowest BCUT2D eigenvalue weighted by atomic mass is 9.91. The minimum Gasteiger partial charge on any atom is -0.444 e. The van der Waals surface area contributed by atoms with E-state index in [4.69, 9.17) is 4.42 Å². The van der Waals surface area contributed by atoms with Crippen LogP contribution in [0, 0.1) is 13.8 Å². The molecule has 0 bridgehead atoms. The second-order valence-electron chi connectivity index (χ2n) is 7.09. The van der Waals surface area contributed by atoms with Crippen LogP contribution in [0.4, 0.5) is 11.6 Å². The van der Waals surface area contributed by atoms with Crippen LogP contribution in [0.2, 0.25) is 0 Å². The molecule has 0 fully saturated rings. The van der Waals surface area contributed by atoms with Crippen LogP contribution in [0.5, 0.6) is 0 Å². The quantitative estimate of drug-likeness (QED) is 0.743. The first-order valence-electron chi connectivity index (χ1n) is 9.07. The number of anilines is 2. The Balaban J connectivity index is 1.60. The van der Waals surface area contributed by atoms with Gasteiger partial charge in [0.25, 0.3) is 5.56 Å². The van der Waals surface area contributed by atoms with Crippen LogP contribution < -0.4 is 15.8 Å². The lowest BCUT2D eigenvalue weighted by molar-refractivity contribution is -0.115. The van der Waals surface area contributed by atoms with E-state index in [1.807, 2.05) is 18.2 Å². The molecule has 0 unspecified atom stereocenters. The molecule has 7 nitrogen and oxygen atoms in total. The summed E-state index contributed by atoms with van der Waals surface area (Å²) in [5.74, 6) is 1.00. The summed E-state index contributed by atoms with van der Waals surface area (Å²) in [5, 5.41) is 10.2. The van der Waals surface area contributed by atoms with Gasteiger partial charge in [-0.25, -0.2) is 5.10 Å². The Hall–Kier alpha value is -3.09. The van der Waals surface area contributed by atoms with E-state index < -0.39 is 0 Å². The summed E-state index contributed by atoms with van der Waals surface area (Å²) < 4.78 is 5.66. The number of amides is 1. The fourth-order valence-corrected chi connectivity index (χ4v) is 3.85. The Bertz CT molecular complexity index is 1080. The van der Waals surface area contributed by atoms with Crippen LogP contribution in [0.3, 0.4) is 0 Å².